The minimum absolute atomic E-state index is 0.366. The molecule has 2 aromatic rings. The predicted molar refractivity (Wildman–Crippen MR) is 57.1 cm³/mol. The molecule has 0 saturated carbocycles. The summed E-state index contributed by atoms with van der Waals surface area (Å²) in [6.45, 7) is 0. The van der Waals surface area contributed by atoms with Gasteiger partial charge in [0.05, 0.1) is 11.4 Å². The summed E-state index contributed by atoms with van der Waals surface area (Å²) in [4.78, 5) is 11.0. The minimum Gasteiger partial charge on any atom is -0.384 e. The highest BCUT2D eigenvalue weighted by Gasteiger charge is 1.99. The largest absolute Gasteiger partial charge is 0.384 e. The molecule has 0 unspecified atom stereocenters. The summed E-state index contributed by atoms with van der Waals surface area (Å²) < 4.78 is 0.366. The Morgan fingerprint density at radius 3 is 2.86 bits per heavy atom. The molecule has 0 aliphatic carbocycles. The molecule has 2 rings (SSSR count). The second-order valence-electron chi connectivity index (χ2n) is 2.74. The molecule has 2 heterocycles. The molecule has 0 atom stereocenters. The van der Waals surface area contributed by atoms with Crippen LogP contribution in [-0.4, -0.2) is 15.0 Å². The Hall–Kier alpha value is -1.75. The van der Waals surface area contributed by atoms with Crippen molar-refractivity contribution >= 4 is 18.0 Å². The first kappa shape index (κ1) is 8.83. The summed E-state index contributed by atoms with van der Waals surface area (Å²) in [6, 6.07) is 7.33. The van der Waals surface area contributed by atoms with Gasteiger partial charge in [-0.15, -0.1) is 0 Å². The van der Waals surface area contributed by atoms with Crippen LogP contribution >= 0.6 is 12.2 Å². The molecule has 3 N–H and O–H groups in total. The van der Waals surface area contributed by atoms with Crippen molar-refractivity contribution in [3.63, 3.8) is 0 Å². The number of nitrogens with two attached hydrogens (primary N) is 1. The molecule has 2 aromatic heterocycles. The van der Waals surface area contributed by atoms with Crippen LogP contribution in [0.4, 0.5) is 5.82 Å². The zero-order valence-electron chi connectivity index (χ0n) is 7.27. The van der Waals surface area contributed by atoms with Gasteiger partial charge in [-0.05, 0) is 24.4 Å². The lowest BCUT2D eigenvalue weighted by Gasteiger charge is -2.00. The molecule has 0 amide bonds. The van der Waals surface area contributed by atoms with Crippen LogP contribution < -0.4 is 5.73 Å². The third-order valence-corrected chi connectivity index (χ3v) is 1.90. The first-order valence-corrected chi connectivity index (χ1v) is 4.45. The second-order valence-corrected chi connectivity index (χ2v) is 3.13. The number of nitrogens with one attached hydrogen (secondary N) is 1. The van der Waals surface area contributed by atoms with Gasteiger partial charge >= 0.3 is 0 Å². The molecule has 0 aromatic carbocycles. The molecule has 70 valence electrons. The standard InChI is InChI=1S/C9H8N4S/c10-8-5-7(12-9(14)13-8)6-3-1-2-4-11-6/h1-5H,(H3,10,12,13,14). The second kappa shape index (κ2) is 3.55. The van der Waals surface area contributed by atoms with E-state index in [2.05, 4.69) is 15.0 Å². The van der Waals surface area contributed by atoms with Crippen molar-refractivity contribution < 1.29 is 0 Å². The van der Waals surface area contributed by atoms with E-state index in [-0.39, 0.29) is 0 Å². The van der Waals surface area contributed by atoms with Gasteiger partial charge in [0.1, 0.15) is 5.82 Å². The van der Waals surface area contributed by atoms with Gasteiger partial charge in [-0.25, -0.2) is 4.98 Å². The summed E-state index contributed by atoms with van der Waals surface area (Å²) >= 11 is 4.91. The third-order valence-electron chi connectivity index (χ3n) is 1.71. The van der Waals surface area contributed by atoms with Crippen molar-refractivity contribution in [2.75, 3.05) is 5.73 Å². The number of H-pyrrole nitrogens is 1. The number of nitrogen functional groups attached to an aromatic ring is 1. The highest BCUT2D eigenvalue weighted by atomic mass is 32.1. The molecule has 0 fully saturated rings. The van der Waals surface area contributed by atoms with Crippen LogP contribution in [-0.2, 0) is 0 Å². The SMILES string of the molecule is Nc1cc(-c2ccccn2)[nH]c(=S)n1. The molecule has 0 aliphatic rings. The van der Waals surface area contributed by atoms with E-state index in [1.165, 1.54) is 0 Å². The predicted octanol–water partition coefficient (Wildman–Crippen LogP) is 1.78. The number of pyridine rings is 1. The lowest BCUT2D eigenvalue weighted by molar-refractivity contribution is 1.13. The molecule has 14 heavy (non-hydrogen) atoms. The van der Waals surface area contributed by atoms with Crippen LogP contribution in [0.5, 0.6) is 0 Å². The quantitative estimate of drug-likeness (QED) is 0.695. The van der Waals surface area contributed by atoms with Crippen LogP contribution in [0.25, 0.3) is 11.4 Å². The Morgan fingerprint density at radius 2 is 2.21 bits per heavy atom. The number of aromatic amines is 1. The van der Waals surface area contributed by atoms with Crippen LogP contribution in [0.1, 0.15) is 0 Å². The Bertz CT molecular complexity index is 492. The highest BCUT2D eigenvalue weighted by molar-refractivity contribution is 7.71. The zero-order chi connectivity index (χ0) is 9.97. The smallest absolute Gasteiger partial charge is 0.199 e. The summed E-state index contributed by atoms with van der Waals surface area (Å²) in [5.74, 6) is 0.398. The Morgan fingerprint density at radius 1 is 1.36 bits per heavy atom. The van der Waals surface area contributed by atoms with Gasteiger partial charge in [-0.1, -0.05) is 6.07 Å². The number of hydrogen-bond acceptors (Lipinski definition) is 4. The third kappa shape index (κ3) is 1.77. The molecule has 0 bridgehead atoms. The molecule has 0 saturated heterocycles. The fourth-order valence-electron chi connectivity index (χ4n) is 1.14. The number of aromatic nitrogens is 3. The average molecular weight is 204 g/mol. The van der Waals surface area contributed by atoms with Gasteiger partial charge in [0.25, 0.3) is 0 Å². The first-order chi connectivity index (χ1) is 6.75. The van der Waals surface area contributed by atoms with Crippen molar-refractivity contribution in [2.45, 2.75) is 0 Å². The minimum atomic E-state index is 0.366. The maximum Gasteiger partial charge on any atom is 0.199 e. The van der Waals surface area contributed by atoms with Gasteiger partial charge in [0.2, 0.25) is 0 Å². The Kier molecular flexibility index (Phi) is 2.24. The van der Waals surface area contributed by atoms with Gasteiger partial charge in [-0.2, -0.15) is 0 Å². The van der Waals surface area contributed by atoms with Crippen molar-refractivity contribution in [2.24, 2.45) is 0 Å². The molecular formula is C9H8N4S. The van der Waals surface area contributed by atoms with Gasteiger partial charge in [0, 0.05) is 12.3 Å². The molecule has 0 aliphatic heterocycles. The zero-order valence-corrected chi connectivity index (χ0v) is 8.08. The first-order valence-electron chi connectivity index (χ1n) is 4.04. The lowest BCUT2D eigenvalue weighted by atomic mass is 10.2. The van der Waals surface area contributed by atoms with E-state index in [1.54, 1.807) is 12.3 Å². The van der Waals surface area contributed by atoms with E-state index in [0.717, 1.165) is 11.4 Å². The monoisotopic (exact) mass is 204 g/mol. The molecule has 0 spiro atoms. The van der Waals surface area contributed by atoms with Crippen LogP contribution in [0, 0.1) is 4.77 Å². The average Bonchev–Trinajstić information content (AvgIpc) is 2.18. The fourth-order valence-corrected chi connectivity index (χ4v) is 1.35. The van der Waals surface area contributed by atoms with Crippen LogP contribution in [0.15, 0.2) is 30.5 Å². The number of hydrogen-bond donors (Lipinski definition) is 2. The van der Waals surface area contributed by atoms with E-state index in [4.69, 9.17) is 18.0 Å². The summed E-state index contributed by atoms with van der Waals surface area (Å²) in [5.41, 5.74) is 7.15. The van der Waals surface area contributed by atoms with Crippen molar-refractivity contribution in [1.29, 1.82) is 0 Å². The van der Waals surface area contributed by atoms with E-state index in [1.807, 2.05) is 18.2 Å². The van der Waals surface area contributed by atoms with E-state index < -0.39 is 0 Å². The van der Waals surface area contributed by atoms with Crippen molar-refractivity contribution in [3.8, 4) is 11.4 Å². The van der Waals surface area contributed by atoms with Crippen LogP contribution in [0.2, 0.25) is 0 Å². The van der Waals surface area contributed by atoms with E-state index in [9.17, 15) is 0 Å². The molecule has 4 nitrogen and oxygen atoms in total. The Balaban J connectivity index is 2.58. The molecular weight excluding hydrogens is 196 g/mol. The lowest BCUT2D eigenvalue weighted by Crippen LogP contribution is -1.95. The highest BCUT2D eigenvalue weighted by Crippen LogP contribution is 2.14. The van der Waals surface area contributed by atoms with Crippen molar-refractivity contribution in [1.82, 2.24) is 15.0 Å². The topological polar surface area (TPSA) is 67.6 Å². The summed E-state index contributed by atoms with van der Waals surface area (Å²) in [5, 5.41) is 0. The van der Waals surface area contributed by atoms with E-state index >= 15 is 0 Å². The van der Waals surface area contributed by atoms with Crippen molar-refractivity contribution in [3.05, 3.63) is 35.2 Å². The summed E-state index contributed by atoms with van der Waals surface area (Å²) in [6.07, 6.45) is 1.71. The summed E-state index contributed by atoms with van der Waals surface area (Å²) in [7, 11) is 0. The number of rotatable bonds is 1. The van der Waals surface area contributed by atoms with Gasteiger partial charge in [-0.3, -0.25) is 4.98 Å². The van der Waals surface area contributed by atoms with E-state index in [0.29, 0.717) is 10.6 Å². The fraction of sp³-hybridized carbons (Fsp3) is 0. The van der Waals surface area contributed by atoms with Gasteiger partial charge in [0.15, 0.2) is 4.77 Å². The molecule has 5 heteroatoms. The van der Waals surface area contributed by atoms with Gasteiger partial charge < -0.3 is 10.7 Å². The maximum atomic E-state index is 5.57. The number of nitrogens with zero attached hydrogens (tertiary/aromatic N) is 2. The van der Waals surface area contributed by atoms with Crippen LogP contribution in [0.3, 0.4) is 0 Å². The maximum absolute atomic E-state index is 5.57. The normalized spacial score (nSPS) is 10.0. The molecule has 0 radical (unpaired) electrons. The number of anilines is 1. The Labute approximate surface area is 85.8 Å².